The van der Waals surface area contributed by atoms with E-state index >= 15 is 0 Å². The fraction of sp³-hybridized carbons (Fsp3) is 0.176. The number of thiazole rings is 1. The van der Waals surface area contributed by atoms with Gasteiger partial charge in [-0.15, -0.1) is 11.3 Å². The third kappa shape index (κ3) is 3.60. The summed E-state index contributed by atoms with van der Waals surface area (Å²) in [5.41, 5.74) is 3.43. The zero-order valence-corrected chi connectivity index (χ0v) is 13.7. The van der Waals surface area contributed by atoms with E-state index in [2.05, 4.69) is 20.3 Å². The summed E-state index contributed by atoms with van der Waals surface area (Å²) in [4.78, 5) is 25.7. The number of carbonyl (C=O) groups is 1. The number of aromatic nitrogens is 3. The van der Waals surface area contributed by atoms with Crippen LogP contribution in [0.5, 0.6) is 0 Å². The number of benzene rings is 1. The second-order valence-electron chi connectivity index (χ2n) is 5.13. The van der Waals surface area contributed by atoms with Crippen LogP contribution in [0.2, 0.25) is 0 Å². The van der Waals surface area contributed by atoms with E-state index in [1.807, 2.05) is 50.2 Å². The van der Waals surface area contributed by atoms with Gasteiger partial charge in [-0.1, -0.05) is 30.3 Å². The van der Waals surface area contributed by atoms with Crippen LogP contribution in [0, 0.1) is 13.8 Å². The van der Waals surface area contributed by atoms with Crippen LogP contribution in [0.3, 0.4) is 0 Å². The number of carbonyl (C=O) groups excluding carboxylic acids is 1. The van der Waals surface area contributed by atoms with Gasteiger partial charge in [0.2, 0.25) is 0 Å². The Kier molecular flexibility index (Phi) is 4.43. The Hall–Kier alpha value is -2.60. The van der Waals surface area contributed by atoms with Crippen molar-refractivity contribution in [1.29, 1.82) is 0 Å². The summed E-state index contributed by atoms with van der Waals surface area (Å²) < 4.78 is 0. The maximum atomic E-state index is 12.4. The van der Waals surface area contributed by atoms with Crippen LogP contribution in [0.25, 0.3) is 10.6 Å². The van der Waals surface area contributed by atoms with E-state index in [9.17, 15) is 4.79 Å². The molecule has 1 amide bonds. The molecule has 0 saturated heterocycles. The van der Waals surface area contributed by atoms with Gasteiger partial charge in [-0.05, 0) is 19.9 Å². The summed E-state index contributed by atoms with van der Waals surface area (Å²) in [6.07, 6.45) is 1.50. The fourth-order valence-electron chi connectivity index (χ4n) is 2.17. The van der Waals surface area contributed by atoms with E-state index in [0.29, 0.717) is 11.4 Å². The van der Waals surface area contributed by atoms with Gasteiger partial charge in [0, 0.05) is 11.3 Å². The number of aryl methyl sites for hydroxylation is 2. The Morgan fingerprint density at radius 3 is 2.70 bits per heavy atom. The van der Waals surface area contributed by atoms with Crippen molar-refractivity contribution >= 4 is 17.2 Å². The standard InChI is InChI=1S/C17H16N4OS/c1-11-8-14(20-10-19-11)9-18-16(22)15-12(2)21-17(23-15)13-6-4-3-5-7-13/h3-8,10H,9H2,1-2H3,(H,18,22). The fourth-order valence-corrected chi connectivity index (χ4v) is 3.16. The molecule has 0 aliphatic carbocycles. The molecule has 0 fully saturated rings. The Bertz CT molecular complexity index is 830. The molecule has 0 atom stereocenters. The van der Waals surface area contributed by atoms with Gasteiger partial charge in [-0.2, -0.15) is 0 Å². The van der Waals surface area contributed by atoms with Crippen LogP contribution >= 0.6 is 11.3 Å². The highest BCUT2D eigenvalue weighted by atomic mass is 32.1. The van der Waals surface area contributed by atoms with Crippen LogP contribution in [-0.4, -0.2) is 20.9 Å². The quantitative estimate of drug-likeness (QED) is 0.800. The predicted molar refractivity (Wildman–Crippen MR) is 90.2 cm³/mol. The highest BCUT2D eigenvalue weighted by molar-refractivity contribution is 7.17. The van der Waals surface area contributed by atoms with E-state index in [1.165, 1.54) is 17.7 Å². The molecule has 0 aliphatic rings. The van der Waals surface area contributed by atoms with Crippen LogP contribution in [0.4, 0.5) is 0 Å². The molecule has 23 heavy (non-hydrogen) atoms. The van der Waals surface area contributed by atoms with Crippen molar-refractivity contribution in [1.82, 2.24) is 20.3 Å². The first-order valence-electron chi connectivity index (χ1n) is 7.22. The van der Waals surface area contributed by atoms with Gasteiger partial charge in [-0.25, -0.2) is 15.0 Å². The Morgan fingerprint density at radius 1 is 1.17 bits per heavy atom. The average Bonchev–Trinajstić information content (AvgIpc) is 2.95. The number of nitrogens with zero attached hydrogens (tertiary/aromatic N) is 3. The molecule has 2 aromatic heterocycles. The smallest absolute Gasteiger partial charge is 0.263 e. The second-order valence-corrected chi connectivity index (χ2v) is 6.13. The molecule has 2 heterocycles. The molecule has 3 aromatic rings. The van der Waals surface area contributed by atoms with Crippen molar-refractivity contribution in [2.45, 2.75) is 20.4 Å². The SMILES string of the molecule is Cc1cc(CNC(=O)c2sc(-c3ccccc3)nc2C)ncn1. The number of hydrogen-bond donors (Lipinski definition) is 1. The van der Waals surface area contributed by atoms with Crippen molar-refractivity contribution in [3.8, 4) is 10.6 Å². The third-order valence-corrected chi connectivity index (χ3v) is 4.52. The first-order chi connectivity index (χ1) is 11.1. The van der Waals surface area contributed by atoms with Gasteiger partial charge in [-0.3, -0.25) is 4.79 Å². The molecule has 0 saturated carbocycles. The Balaban J connectivity index is 1.74. The molecular weight excluding hydrogens is 308 g/mol. The molecule has 0 spiro atoms. The number of amides is 1. The lowest BCUT2D eigenvalue weighted by Gasteiger charge is -2.03. The number of hydrogen-bond acceptors (Lipinski definition) is 5. The molecule has 0 unspecified atom stereocenters. The van der Waals surface area contributed by atoms with E-state index in [-0.39, 0.29) is 5.91 Å². The summed E-state index contributed by atoms with van der Waals surface area (Å²) in [5.74, 6) is -0.126. The monoisotopic (exact) mass is 324 g/mol. The van der Waals surface area contributed by atoms with Crippen LogP contribution in [0.15, 0.2) is 42.7 Å². The largest absolute Gasteiger partial charge is 0.346 e. The highest BCUT2D eigenvalue weighted by Crippen LogP contribution is 2.27. The number of rotatable bonds is 4. The van der Waals surface area contributed by atoms with Crippen LogP contribution < -0.4 is 5.32 Å². The summed E-state index contributed by atoms with van der Waals surface area (Å²) >= 11 is 1.40. The average molecular weight is 324 g/mol. The Morgan fingerprint density at radius 2 is 1.96 bits per heavy atom. The van der Waals surface area contributed by atoms with Gasteiger partial charge < -0.3 is 5.32 Å². The van der Waals surface area contributed by atoms with Gasteiger partial charge in [0.1, 0.15) is 16.2 Å². The third-order valence-electron chi connectivity index (χ3n) is 3.31. The molecule has 0 bridgehead atoms. The van der Waals surface area contributed by atoms with Crippen molar-refractivity contribution in [2.75, 3.05) is 0 Å². The van der Waals surface area contributed by atoms with E-state index in [0.717, 1.165) is 27.7 Å². The normalized spacial score (nSPS) is 10.5. The molecule has 0 radical (unpaired) electrons. The molecule has 1 N–H and O–H groups in total. The molecule has 5 nitrogen and oxygen atoms in total. The first-order valence-corrected chi connectivity index (χ1v) is 8.03. The summed E-state index contributed by atoms with van der Waals surface area (Å²) in [5, 5.41) is 3.74. The van der Waals surface area contributed by atoms with Crippen molar-refractivity contribution < 1.29 is 4.79 Å². The number of nitrogens with one attached hydrogen (secondary N) is 1. The minimum Gasteiger partial charge on any atom is -0.346 e. The molecule has 116 valence electrons. The van der Waals surface area contributed by atoms with Crippen molar-refractivity contribution in [3.63, 3.8) is 0 Å². The van der Waals surface area contributed by atoms with E-state index < -0.39 is 0 Å². The van der Waals surface area contributed by atoms with Crippen LogP contribution in [-0.2, 0) is 6.54 Å². The van der Waals surface area contributed by atoms with E-state index in [1.54, 1.807) is 0 Å². The minimum atomic E-state index is -0.126. The first kappa shape index (κ1) is 15.3. The summed E-state index contributed by atoms with van der Waals surface area (Å²) in [6.45, 7) is 4.12. The van der Waals surface area contributed by atoms with Crippen LogP contribution in [0.1, 0.15) is 26.8 Å². The second kappa shape index (κ2) is 6.66. The lowest BCUT2D eigenvalue weighted by molar-refractivity contribution is 0.0953. The van der Waals surface area contributed by atoms with Gasteiger partial charge in [0.05, 0.1) is 17.9 Å². The molecule has 3 rings (SSSR count). The summed E-state index contributed by atoms with van der Waals surface area (Å²) in [7, 11) is 0. The molecular formula is C17H16N4OS. The molecule has 6 heteroatoms. The molecule has 1 aromatic carbocycles. The maximum absolute atomic E-state index is 12.4. The zero-order valence-electron chi connectivity index (χ0n) is 12.9. The topological polar surface area (TPSA) is 67.8 Å². The highest BCUT2D eigenvalue weighted by Gasteiger charge is 2.16. The molecule has 0 aliphatic heterocycles. The lowest BCUT2D eigenvalue weighted by atomic mass is 10.2. The summed E-state index contributed by atoms with van der Waals surface area (Å²) in [6, 6.07) is 11.7. The predicted octanol–water partition coefficient (Wildman–Crippen LogP) is 3.15. The maximum Gasteiger partial charge on any atom is 0.263 e. The Labute approximate surface area is 138 Å². The lowest BCUT2D eigenvalue weighted by Crippen LogP contribution is -2.23. The van der Waals surface area contributed by atoms with E-state index in [4.69, 9.17) is 0 Å². The van der Waals surface area contributed by atoms with Gasteiger partial charge in [0.25, 0.3) is 5.91 Å². The van der Waals surface area contributed by atoms with Crippen molar-refractivity contribution in [2.24, 2.45) is 0 Å². The minimum absolute atomic E-state index is 0.126. The van der Waals surface area contributed by atoms with Gasteiger partial charge >= 0.3 is 0 Å². The zero-order chi connectivity index (χ0) is 16.2. The van der Waals surface area contributed by atoms with Crippen molar-refractivity contribution in [3.05, 3.63) is 64.7 Å². The van der Waals surface area contributed by atoms with Gasteiger partial charge in [0.15, 0.2) is 0 Å².